The van der Waals surface area contributed by atoms with E-state index in [-0.39, 0.29) is 11.6 Å². The van der Waals surface area contributed by atoms with Gasteiger partial charge in [0.15, 0.2) is 0 Å². The number of amides is 1. The van der Waals surface area contributed by atoms with E-state index in [0.29, 0.717) is 24.2 Å². The fraction of sp³-hybridized carbons (Fsp3) is 0.118. The molecule has 1 amide bonds. The first-order valence-electron chi connectivity index (χ1n) is 6.86. The van der Waals surface area contributed by atoms with Crippen molar-refractivity contribution in [1.29, 1.82) is 0 Å². The van der Waals surface area contributed by atoms with Gasteiger partial charge in [0.25, 0.3) is 11.6 Å². The number of nitrogens with zero attached hydrogens (tertiary/aromatic N) is 2. The zero-order chi connectivity index (χ0) is 15.9. The summed E-state index contributed by atoms with van der Waals surface area (Å²) in [6.45, 7) is 3.98. The van der Waals surface area contributed by atoms with Crippen LogP contribution in [0, 0.1) is 10.1 Å². The highest BCUT2D eigenvalue weighted by molar-refractivity contribution is 6.07. The van der Waals surface area contributed by atoms with Gasteiger partial charge in [-0.05, 0) is 24.6 Å². The summed E-state index contributed by atoms with van der Waals surface area (Å²) in [6, 6.07) is 15.0. The minimum atomic E-state index is -0.478. The molecule has 0 bridgehead atoms. The molecule has 0 spiro atoms. The van der Waals surface area contributed by atoms with Crippen molar-refractivity contribution in [2.75, 3.05) is 11.4 Å². The molecule has 0 aliphatic heterocycles. The van der Waals surface area contributed by atoms with E-state index in [1.807, 2.05) is 6.07 Å². The molecule has 112 valence electrons. The Balaban J connectivity index is 2.45. The third-order valence-electron chi connectivity index (χ3n) is 3.19. The van der Waals surface area contributed by atoms with Gasteiger partial charge in [0.1, 0.15) is 5.69 Å². The molecule has 2 aromatic rings. The van der Waals surface area contributed by atoms with Crippen LogP contribution < -0.4 is 4.90 Å². The Morgan fingerprint density at radius 1 is 1.14 bits per heavy atom. The fourth-order valence-electron chi connectivity index (χ4n) is 2.14. The average molecular weight is 296 g/mol. The maximum absolute atomic E-state index is 12.7. The Labute approximate surface area is 128 Å². The second-order valence-corrected chi connectivity index (χ2v) is 4.65. The molecule has 0 fully saturated rings. The summed E-state index contributed by atoms with van der Waals surface area (Å²) in [5, 5.41) is 11.2. The molecule has 0 radical (unpaired) electrons. The number of anilines is 1. The van der Waals surface area contributed by atoms with E-state index in [1.165, 1.54) is 11.0 Å². The molecule has 0 heterocycles. The van der Waals surface area contributed by atoms with Crippen LogP contribution in [0.3, 0.4) is 0 Å². The van der Waals surface area contributed by atoms with E-state index in [2.05, 4.69) is 6.58 Å². The van der Waals surface area contributed by atoms with Crippen molar-refractivity contribution >= 4 is 17.3 Å². The van der Waals surface area contributed by atoms with Crippen LogP contribution in [0.1, 0.15) is 16.8 Å². The quantitative estimate of drug-likeness (QED) is 0.462. The average Bonchev–Trinajstić information content (AvgIpc) is 2.56. The fourth-order valence-corrected chi connectivity index (χ4v) is 2.14. The van der Waals surface area contributed by atoms with Crippen LogP contribution in [0.5, 0.6) is 0 Å². The smallest absolute Gasteiger partial charge is 0.292 e. The predicted molar refractivity (Wildman–Crippen MR) is 86.0 cm³/mol. The van der Waals surface area contributed by atoms with Crippen molar-refractivity contribution < 1.29 is 9.72 Å². The number of rotatable bonds is 6. The minimum Gasteiger partial charge on any atom is -0.302 e. The van der Waals surface area contributed by atoms with Crippen molar-refractivity contribution in [3.05, 3.63) is 82.9 Å². The number of hydrogen-bond acceptors (Lipinski definition) is 3. The molecule has 0 unspecified atom stereocenters. The molecular formula is C17H16N2O3. The molecule has 0 saturated heterocycles. The van der Waals surface area contributed by atoms with E-state index >= 15 is 0 Å². The van der Waals surface area contributed by atoms with Gasteiger partial charge in [-0.3, -0.25) is 14.9 Å². The van der Waals surface area contributed by atoms with Gasteiger partial charge in [-0.25, -0.2) is 0 Å². The van der Waals surface area contributed by atoms with Crippen molar-refractivity contribution in [2.45, 2.75) is 6.42 Å². The topological polar surface area (TPSA) is 63.5 Å². The highest BCUT2D eigenvalue weighted by Gasteiger charge is 2.24. The lowest BCUT2D eigenvalue weighted by Crippen LogP contribution is -2.32. The van der Waals surface area contributed by atoms with Crippen molar-refractivity contribution in [2.24, 2.45) is 0 Å². The first-order chi connectivity index (χ1) is 10.6. The summed E-state index contributed by atoms with van der Waals surface area (Å²) < 4.78 is 0. The largest absolute Gasteiger partial charge is 0.302 e. The Hall–Kier alpha value is -2.95. The maximum atomic E-state index is 12.7. The zero-order valence-electron chi connectivity index (χ0n) is 12.0. The normalized spacial score (nSPS) is 10.0. The van der Waals surface area contributed by atoms with Crippen LogP contribution >= 0.6 is 0 Å². The van der Waals surface area contributed by atoms with Crippen LogP contribution in [0.15, 0.2) is 67.3 Å². The lowest BCUT2D eigenvalue weighted by Gasteiger charge is -2.22. The molecular weight excluding hydrogens is 280 g/mol. The maximum Gasteiger partial charge on any atom is 0.292 e. The van der Waals surface area contributed by atoms with Gasteiger partial charge in [0.2, 0.25) is 0 Å². The molecule has 0 N–H and O–H groups in total. The Kier molecular flexibility index (Phi) is 5.03. The lowest BCUT2D eigenvalue weighted by molar-refractivity contribution is -0.384. The molecule has 22 heavy (non-hydrogen) atoms. The second kappa shape index (κ2) is 7.17. The Morgan fingerprint density at radius 3 is 2.41 bits per heavy atom. The Morgan fingerprint density at radius 2 is 1.77 bits per heavy atom. The first kappa shape index (κ1) is 15.4. The second-order valence-electron chi connectivity index (χ2n) is 4.65. The summed E-state index contributed by atoms with van der Waals surface area (Å²) in [6.07, 6.45) is 2.23. The van der Waals surface area contributed by atoms with Crippen LogP contribution in [-0.2, 0) is 0 Å². The van der Waals surface area contributed by atoms with Gasteiger partial charge in [0.05, 0.1) is 4.92 Å². The molecule has 0 saturated carbocycles. The molecule has 0 aliphatic carbocycles. The van der Waals surface area contributed by atoms with E-state index in [4.69, 9.17) is 0 Å². The van der Waals surface area contributed by atoms with E-state index in [9.17, 15) is 14.9 Å². The molecule has 5 heteroatoms. The molecule has 2 aromatic carbocycles. The zero-order valence-corrected chi connectivity index (χ0v) is 12.0. The van der Waals surface area contributed by atoms with Crippen LogP contribution in [0.2, 0.25) is 0 Å². The van der Waals surface area contributed by atoms with Crippen LogP contribution in [0.25, 0.3) is 0 Å². The lowest BCUT2D eigenvalue weighted by atomic mass is 10.1. The highest BCUT2D eigenvalue weighted by atomic mass is 16.6. The van der Waals surface area contributed by atoms with E-state index in [1.54, 1.807) is 48.5 Å². The number of nitro groups is 1. The van der Waals surface area contributed by atoms with Gasteiger partial charge in [-0.1, -0.05) is 36.4 Å². The first-order valence-corrected chi connectivity index (χ1v) is 6.86. The van der Waals surface area contributed by atoms with Gasteiger partial charge in [0, 0.05) is 18.2 Å². The number of para-hydroxylation sites is 2. The number of carbonyl (C=O) groups excluding carboxylic acids is 1. The summed E-state index contributed by atoms with van der Waals surface area (Å²) in [4.78, 5) is 24.8. The summed E-state index contributed by atoms with van der Waals surface area (Å²) in [5.74, 6) is -0.267. The van der Waals surface area contributed by atoms with Gasteiger partial charge < -0.3 is 4.90 Å². The molecule has 0 aromatic heterocycles. The third kappa shape index (κ3) is 3.38. The number of benzene rings is 2. The Bertz CT molecular complexity index is 683. The molecule has 0 atom stereocenters. The molecule has 0 aliphatic rings. The van der Waals surface area contributed by atoms with Crippen LogP contribution in [-0.4, -0.2) is 17.4 Å². The molecule has 5 nitrogen and oxygen atoms in total. The summed E-state index contributed by atoms with van der Waals surface area (Å²) in [5.41, 5.74) is 0.698. The monoisotopic (exact) mass is 296 g/mol. The number of nitro benzene ring substituents is 1. The highest BCUT2D eigenvalue weighted by Crippen LogP contribution is 2.29. The third-order valence-corrected chi connectivity index (χ3v) is 3.19. The van der Waals surface area contributed by atoms with E-state index < -0.39 is 4.92 Å². The summed E-state index contributed by atoms with van der Waals surface area (Å²) >= 11 is 0. The predicted octanol–water partition coefficient (Wildman–Crippen LogP) is 3.82. The van der Waals surface area contributed by atoms with Gasteiger partial charge >= 0.3 is 0 Å². The van der Waals surface area contributed by atoms with Crippen LogP contribution in [0.4, 0.5) is 11.4 Å². The number of carbonyl (C=O) groups is 1. The summed E-state index contributed by atoms with van der Waals surface area (Å²) in [7, 11) is 0. The van der Waals surface area contributed by atoms with Crippen molar-refractivity contribution in [3.63, 3.8) is 0 Å². The standard InChI is InChI=1S/C17H16N2O3/c1-2-3-13-18(17(20)14-9-5-4-6-10-14)15-11-7-8-12-16(15)19(21)22/h2,4-12H,1,3,13H2. The molecule has 2 rings (SSSR count). The van der Waals surface area contributed by atoms with Crippen molar-refractivity contribution in [3.8, 4) is 0 Å². The van der Waals surface area contributed by atoms with Gasteiger partial charge in [-0.2, -0.15) is 0 Å². The minimum absolute atomic E-state index is 0.0872. The number of hydrogen-bond donors (Lipinski definition) is 0. The SMILES string of the molecule is C=CCCN(C(=O)c1ccccc1)c1ccccc1[N+](=O)[O-]. The van der Waals surface area contributed by atoms with Crippen molar-refractivity contribution in [1.82, 2.24) is 0 Å². The van der Waals surface area contributed by atoms with E-state index in [0.717, 1.165) is 0 Å². The van der Waals surface area contributed by atoms with Gasteiger partial charge in [-0.15, -0.1) is 6.58 Å².